The molecule has 1 fully saturated rings. The summed E-state index contributed by atoms with van der Waals surface area (Å²) in [4.78, 5) is 8.56. The lowest BCUT2D eigenvalue weighted by Gasteiger charge is -1.69. The molecule has 0 unspecified atom stereocenters. The zero-order chi connectivity index (χ0) is 10.5. The van der Waals surface area contributed by atoms with Crippen LogP contribution in [-0.4, -0.2) is 27.9 Å². The molecule has 0 radical (unpaired) electrons. The van der Waals surface area contributed by atoms with Crippen LogP contribution in [0.25, 0.3) is 0 Å². The molecule has 3 nitrogen and oxygen atoms in total. The molecule has 78 valence electrons. The Hall–Kier alpha value is -0.640. The van der Waals surface area contributed by atoms with E-state index in [1.165, 1.54) is 24.3 Å². The second-order valence-electron chi connectivity index (χ2n) is 2.30. The molecule has 0 aromatic rings. The first-order chi connectivity index (χ1) is 6.15. The quantitative estimate of drug-likeness (QED) is 0.646. The summed E-state index contributed by atoms with van der Waals surface area (Å²) in [5, 5.41) is 13.9. The Balaban J connectivity index is 0. The standard InChI is InChI=1S/C4H8S.C4H8.CH2O3/c1-2-4-5-3-1;1-3-4-2;2-1(3)4/h1-4H2;3H,1,4H2,2H3;(H2,2,3,4). The van der Waals surface area contributed by atoms with Gasteiger partial charge in [-0.05, 0) is 30.8 Å². The molecular formula is C9H18O3S. The maximum absolute atomic E-state index is 8.56. The summed E-state index contributed by atoms with van der Waals surface area (Å²) in [7, 11) is 0. The average molecular weight is 206 g/mol. The third kappa shape index (κ3) is 34.6. The van der Waals surface area contributed by atoms with E-state index in [0.717, 1.165) is 6.42 Å². The smallest absolute Gasteiger partial charge is 0.450 e. The van der Waals surface area contributed by atoms with E-state index in [0.29, 0.717) is 0 Å². The molecular weight excluding hydrogens is 188 g/mol. The minimum absolute atomic E-state index is 1.08. The van der Waals surface area contributed by atoms with Gasteiger partial charge in [-0.3, -0.25) is 0 Å². The number of hydrogen-bond acceptors (Lipinski definition) is 2. The molecule has 0 aliphatic carbocycles. The Kier molecular flexibility index (Phi) is 15.9. The molecule has 1 aliphatic rings. The van der Waals surface area contributed by atoms with Crippen LogP contribution in [-0.2, 0) is 0 Å². The molecule has 0 bridgehead atoms. The van der Waals surface area contributed by atoms with Gasteiger partial charge in [0.1, 0.15) is 0 Å². The first kappa shape index (κ1) is 14.9. The fraction of sp³-hybridized carbons (Fsp3) is 0.667. The van der Waals surface area contributed by atoms with Gasteiger partial charge < -0.3 is 10.2 Å². The van der Waals surface area contributed by atoms with Crippen molar-refractivity contribution >= 4 is 17.9 Å². The lowest BCUT2D eigenvalue weighted by molar-refractivity contribution is 0.137. The van der Waals surface area contributed by atoms with Crippen LogP contribution in [0, 0.1) is 0 Å². The summed E-state index contributed by atoms with van der Waals surface area (Å²) in [5.41, 5.74) is 0. The molecule has 0 spiro atoms. The van der Waals surface area contributed by atoms with Gasteiger partial charge in [-0.25, -0.2) is 4.79 Å². The van der Waals surface area contributed by atoms with E-state index in [1.807, 2.05) is 6.08 Å². The van der Waals surface area contributed by atoms with Crippen LogP contribution < -0.4 is 0 Å². The Bertz CT molecular complexity index is 110. The highest BCUT2D eigenvalue weighted by Crippen LogP contribution is 2.14. The third-order valence-electron chi connectivity index (χ3n) is 1.12. The van der Waals surface area contributed by atoms with Crippen LogP contribution in [0.4, 0.5) is 4.79 Å². The Morgan fingerprint density at radius 2 is 1.77 bits per heavy atom. The summed E-state index contributed by atoms with van der Waals surface area (Å²) in [6.45, 7) is 5.54. The van der Waals surface area contributed by atoms with Gasteiger partial charge >= 0.3 is 6.16 Å². The van der Waals surface area contributed by atoms with E-state index in [2.05, 4.69) is 25.3 Å². The van der Waals surface area contributed by atoms with Crippen molar-refractivity contribution in [3.8, 4) is 0 Å². The van der Waals surface area contributed by atoms with E-state index >= 15 is 0 Å². The largest absolute Gasteiger partial charge is 0.503 e. The van der Waals surface area contributed by atoms with Crippen molar-refractivity contribution in [2.45, 2.75) is 26.2 Å². The van der Waals surface area contributed by atoms with Crippen molar-refractivity contribution in [2.24, 2.45) is 0 Å². The van der Waals surface area contributed by atoms with Crippen LogP contribution in [0.15, 0.2) is 12.7 Å². The summed E-state index contributed by atoms with van der Waals surface area (Å²) in [6, 6.07) is 0. The van der Waals surface area contributed by atoms with Crippen molar-refractivity contribution in [1.82, 2.24) is 0 Å². The fourth-order valence-corrected chi connectivity index (χ4v) is 1.53. The monoisotopic (exact) mass is 206 g/mol. The van der Waals surface area contributed by atoms with E-state index in [4.69, 9.17) is 15.0 Å². The molecule has 1 heterocycles. The molecule has 0 aromatic heterocycles. The van der Waals surface area contributed by atoms with Crippen LogP contribution in [0.5, 0.6) is 0 Å². The molecule has 1 saturated heterocycles. The number of carboxylic acid groups (broad SMARTS) is 2. The third-order valence-corrected chi connectivity index (χ3v) is 2.27. The van der Waals surface area contributed by atoms with Crippen molar-refractivity contribution in [3.63, 3.8) is 0 Å². The lowest BCUT2D eigenvalue weighted by atomic mass is 10.4. The second kappa shape index (κ2) is 13.9. The number of rotatable bonds is 1. The van der Waals surface area contributed by atoms with Gasteiger partial charge in [0.05, 0.1) is 0 Å². The van der Waals surface area contributed by atoms with Crippen LogP contribution in [0.2, 0.25) is 0 Å². The van der Waals surface area contributed by atoms with Gasteiger partial charge in [0, 0.05) is 0 Å². The summed E-state index contributed by atoms with van der Waals surface area (Å²) in [6.07, 6.45) is 4.05. The number of hydrogen-bond donors (Lipinski definition) is 2. The topological polar surface area (TPSA) is 57.5 Å². The van der Waals surface area contributed by atoms with Crippen LogP contribution in [0.3, 0.4) is 0 Å². The van der Waals surface area contributed by atoms with Gasteiger partial charge in [0.2, 0.25) is 0 Å². The first-order valence-corrected chi connectivity index (χ1v) is 5.41. The normalized spacial score (nSPS) is 13.0. The highest BCUT2D eigenvalue weighted by atomic mass is 32.2. The molecule has 0 atom stereocenters. The minimum Gasteiger partial charge on any atom is -0.450 e. The Morgan fingerprint density at radius 1 is 1.46 bits per heavy atom. The molecule has 0 saturated carbocycles. The predicted molar refractivity (Wildman–Crippen MR) is 57.7 cm³/mol. The molecule has 1 rings (SSSR count). The first-order valence-electron chi connectivity index (χ1n) is 4.25. The highest BCUT2D eigenvalue weighted by molar-refractivity contribution is 7.99. The summed E-state index contributed by atoms with van der Waals surface area (Å²) < 4.78 is 0. The number of carbonyl (C=O) groups is 1. The maximum Gasteiger partial charge on any atom is 0.503 e. The maximum atomic E-state index is 8.56. The molecule has 2 N–H and O–H groups in total. The average Bonchev–Trinajstić information content (AvgIpc) is 2.59. The van der Waals surface area contributed by atoms with Crippen molar-refractivity contribution in [3.05, 3.63) is 12.7 Å². The summed E-state index contributed by atoms with van der Waals surface area (Å²) in [5.74, 6) is 2.83. The fourth-order valence-electron chi connectivity index (χ4n) is 0.510. The predicted octanol–water partition coefficient (Wildman–Crippen LogP) is 3.32. The molecule has 4 heteroatoms. The van der Waals surface area contributed by atoms with Gasteiger partial charge in [-0.1, -0.05) is 13.0 Å². The summed E-state index contributed by atoms with van der Waals surface area (Å²) >= 11 is 2.07. The van der Waals surface area contributed by atoms with Crippen molar-refractivity contribution in [2.75, 3.05) is 11.5 Å². The molecule has 13 heavy (non-hydrogen) atoms. The number of allylic oxidation sites excluding steroid dienone is 1. The second-order valence-corrected chi connectivity index (χ2v) is 3.52. The van der Waals surface area contributed by atoms with E-state index in [1.54, 1.807) is 0 Å². The molecule has 0 aromatic carbocycles. The molecule has 0 amide bonds. The van der Waals surface area contributed by atoms with Crippen molar-refractivity contribution in [1.29, 1.82) is 0 Å². The minimum atomic E-state index is -1.83. The van der Waals surface area contributed by atoms with E-state index in [9.17, 15) is 0 Å². The van der Waals surface area contributed by atoms with Gasteiger partial charge in [-0.2, -0.15) is 11.8 Å². The molecule has 1 aliphatic heterocycles. The van der Waals surface area contributed by atoms with E-state index in [-0.39, 0.29) is 0 Å². The van der Waals surface area contributed by atoms with Crippen molar-refractivity contribution < 1.29 is 15.0 Å². The van der Waals surface area contributed by atoms with Crippen LogP contribution in [0.1, 0.15) is 26.2 Å². The Morgan fingerprint density at radius 3 is 1.85 bits per heavy atom. The zero-order valence-corrected chi connectivity index (χ0v) is 8.85. The van der Waals surface area contributed by atoms with E-state index < -0.39 is 6.16 Å². The zero-order valence-electron chi connectivity index (χ0n) is 8.03. The van der Waals surface area contributed by atoms with Crippen LogP contribution >= 0.6 is 11.8 Å². The Labute approximate surface area is 83.8 Å². The SMILES string of the molecule is C1CCSC1.C=CCC.O=C(O)O. The highest BCUT2D eigenvalue weighted by Gasteiger charge is 1.95. The van der Waals surface area contributed by atoms with Gasteiger partial charge in [0.25, 0.3) is 0 Å². The van der Waals surface area contributed by atoms with Gasteiger partial charge in [-0.15, -0.1) is 6.58 Å². The number of thioether (sulfide) groups is 1. The lowest BCUT2D eigenvalue weighted by Crippen LogP contribution is -1.81. The van der Waals surface area contributed by atoms with Gasteiger partial charge in [0.15, 0.2) is 0 Å².